The van der Waals surface area contributed by atoms with Crippen molar-refractivity contribution in [2.75, 3.05) is 12.8 Å². The van der Waals surface area contributed by atoms with Crippen LogP contribution in [0.25, 0.3) is 0 Å². The van der Waals surface area contributed by atoms with Gasteiger partial charge < -0.3 is 13.8 Å². The molecule has 31 heavy (non-hydrogen) atoms. The van der Waals surface area contributed by atoms with Gasteiger partial charge in [-0.3, -0.25) is 14.9 Å². The number of nitro benzene ring substituents is 1. The standard InChI is InChI=1S/C22H28NO7P/c1-5-22(3,4)16-28-21(24)17(2)15-31(27,29-19-9-7-6-8-10-19)30-20-13-11-18(12-14-20)23(25)26/h6-14,17H,5,15-16H2,1-4H3/t17-,31?/m1/s1. The Balaban J connectivity index is 2.18. The fourth-order valence-corrected chi connectivity index (χ4v) is 4.34. The number of para-hydroxylation sites is 1. The van der Waals surface area contributed by atoms with E-state index in [0.29, 0.717) is 5.75 Å². The fraction of sp³-hybridized carbons (Fsp3) is 0.409. The van der Waals surface area contributed by atoms with Crippen LogP contribution in [0.5, 0.6) is 11.5 Å². The molecule has 1 unspecified atom stereocenters. The molecule has 0 spiro atoms. The summed E-state index contributed by atoms with van der Waals surface area (Å²) in [6, 6.07) is 13.6. The lowest BCUT2D eigenvalue weighted by molar-refractivity contribution is -0.384. The number of nitro groups is 1. The van der Waals surface area contributed by atoms with Crippen LogP contribution < -0.4 is 9.05 Å². The Morgan fingerprint density at radius 2 is 1.61 bits per heavy atom. The van der Waals surface area contributed by atoms with Crippen LogP contribution >= 0.6 is 7.60 Å². The molecule has 0 amide bonds. The molecule has 2 rings (SSSR count). The largest absolute Gasteiger partial charge is 0.465 e. The third-order valence-corrected chi connectivity index (χ3v) is 6.71. The van der Waals surface area contributed by atoms with E-state index in [0.717, 1.165) is 6.42 Å². The van der Waals surface area contributed by atoms with Crippen molar-refractivity contribution in [1.82, 2.24) is 0 Å². The van der Waals surface area contributed by atoms with Crippen molar-refractivity contribution in [3.05, 3.63) is 64.7 Å². The maximum atomic E-state index is 13.6. The monoisotopic (exact) mass is 449 g/mol. The lowest BCUT2D eigenvalue weighted by Gasteiger charge is -2.25. The summed E-state index contributed by atoms with van der Waals surface area (Å²) in [5.74, 6) is -0.788. The minimum Gasteiger partial charge on any atom is -0.465 e. The van der Waals surface area contributed by atoms with Crippen molar-refractivity contribution >= 4 is 19.3 Å². The number of hydrogen-bond acceptors (Lipinski definition) is 7. The molecule has 2 aromatic rings. The summed E-state index contributed by atoms with van der Waals surface area (Å²) >= 11 is 0. The average molecular weight is 449 g/mol. The third kappa shape index (κ3) is 7.72. The summed E-state index contributed by atoms with van der Waals surface area (Å²) < 4.78 is 30.3. The maximum absolute atomic E-state index is 13.6. The van der Waals surface area contributed by atoms with E-state index in [1.807, 2.05) is 20.8 Å². The van der Waals surface area contributed by atoms with Gasteiger partial charge in [0.1, 0.15) is 11.5 Å². The van der Waals surface area contributed by atoms with Crippen LogP contribution in [0.4, 0.5) is 5.69 Å². The Morgan fingerprint density at radius 3 is 2.13 bits per heavy atom. The first-order chi connectivity index (χ1) is 14.5. The van der Waals surface area contributed by atoms with Crippen LogP contribution in [-0.2, 0) is 14.1 Å². The molecule has 0 aromatic heterocycles. The normalized spacial score (nSPS) is 14.2. The minimum absolute atomic E-state index is 0.123. The van der Waals surface area contributed by atoms with Crippen molar-refractivity contribution in [2.24, 2.45) is 11.3 Å². The zero-order chi connectivity index (χ0) is 23.1. The van der Waals surface area contributed by atoms with E-state index in [1.165, 1.54) is 24.3 Å². The molecule has 0 bridgehead atoms. The molecular weight excluding hydrogens is 421 g/mol. The fourth-order valence-electron chi connectivity index (χ4n) is 2.45. The zero-order valence-corrected chi connectivity index (χ0v) is 19.0. The quantitative estimate of drug-likeness (QED) is 0.183. The van der Waals surface area contributed by atoms with Crippen LogP contribution in [0.3, 0.4) is 0 Å². The number of non-ortho nitro benzene ring substituents is 1. The van der Waals surface area contributed by atoms with Gasteiger partial charge in [-0.2, -0.15) is 0 Å². The lowest BCUT2D eigenvalue weighted by atomic mass is 9.92. The van der Waals surface area contributed by atoms with Gasteiger partial charge in [-0.15, -0.1) is 0 Å². The van der Waals surface area contributed by atoms with Gasteiger partial charge in [-0.25, -0.2) is 4.57 Å². The molecule has 0 N–H and O–H groups in total. The van der Waals surface area contributed by atoms with Crippen LogP contribution in [0.2, 0.25) is 0 Å². The maximum Gasteiger partial charge on any atom is 0.431 e. The van der Waals surface area contributed by atoms with Crippen molar-refractivity contribution in [1.29, 1.82) is 0 Å². The molecule has 0 saturated heterocycles. The SMILES string of the molecule is CCC(C)(C)COC(=O)[C@H](C)CP(=O)(Oc1ccccc1)Oc1ccc([N+](=O)[O-])cc1. The first-order valence-corrected chi connectivity index (χ1v) is 11.7. The second kappa shape index (κ2) is 10.4. The van der Waals surface area contributed by atoms with Gasteiger partial charge in [0.15, 0.2) is 0 Å². The Morgan fingerprint density at radius 1 is 1.06 bits per heavy atom. The number of hydrogen-bond donors (Lipinski definition) is 0. The van der Waals surface area contributed by atoms with Gasteiger partial charge in [-0.1, -0.05) is 45.9 Å². The molecule has 0 aliphatic rings. The van der Waals surface area contributed by atoms with Crippen molar-refractivity contribution in [3.63, 3.8) is 0 Å². The van der Waals surface area contributed by atoms with E-state index in [1.54, 1.807) is 37.3 Å². The van der Waals surface area contributed by atoms with Gasteiger partial charge in [0.25, 0.3) is 5.69 Å². The molecule has 168 valence electrons. The highest BCUT2D eigenvalue weighted by atomic mass is 31.2. The predicted molar refractivity (Wildman–Crippen MR) is 117 cm³/mol. The van der Waals surface area contributed by atoms with E-state index >= 15 is 0 Å². The van der Waals surface area contributed by atoms with Crippen LogP contribution in [0, 0.1) is 21.4 Å². The number of carbonyl (C=O) groups excluding carboxylic acids is 1. The van der Waals surface area contributed by atoms with E-state index in [-0.39, 0.29) is 29.6 Å². The summed E-state index contributed by atoms with van der Waals surface area (Å²) in [6.07, 6.45) is 0.623. The summed E-state index contributed by atoms with van der Waals surface area (Å²) in [6.45, 7) is 7.84. The Labute approximate surface area is 182 Å². The second-order valence-electron chi connectivity index (χ2n) is 8.07. The summed E-state index contributed by atoms with van der Waals surface area (Å²) in [5.41, 5.74) is -0.281. The summed E-state index contributed by atoms with van der Waals surface area (Å²) in [5, 5.41) is 10.8. The first kappa shape index (κ1) is 24.4. The Kier molecular flexibility index (Phi) is 8.22. The van der Waals surface area contributed by atoms with Crippen LogP contribution in [0.1, 0.15) is 34.1 Å². The topological polar surface area (TPSA) is 105 Å². The highest BCUT2D eigenvalue weighted by Gasteiger charge is 2.35. The van der Waals surface area contributed by atoms with Gasteiger partial charge in [0.05, 0.1) is 23.6 Å². The second-order valence-corrected chi connectivity index (χ2v) is 10.0. The minimum atomic E-state index is -3.85. The number of benzene rings is 2. The molecule has 2 atom stereocenters. The number of nitrogens with zero attached hydrogens (tertiary/aromatic N) is 1. The van der Waals surface area contributed by atoms with Gasteiger partial charge in [0.2, 0.25) is 0 Å². The van der Waals surface area contributed by atoms with E-state index in [4.69, 9.17) is 13.8 Å². The highest BCUT2D eigenvalue weighted by molar-refractivity contribution is 7.54. The molecule has 0 aliphatic carbocycles. The Hall–Kier alpha value is -2.86. The Bertz CT molecular complexity index is 929. The van der Waals surface area contributed by atoms with Crippen molar-refractivity contribution in [2.45, 2.75) is 34.1 Å². The molecule has 8 nitrogen and oxygen atoms in total. The van der Waals surface area contributed by atoms with Gasteiger partial charge in [0, 0.05) is 12.1 Å². The van der Waals surface area contributed by atoms with Gasteiger partial charge >= 0.3 is 13.6 Å². The third-order valence-electron chi connectivity index (χ3n) is 4.74. The molecule has 0 fully saturated rings. The molecule has 0 heterocycles. The number of carbonyl (C=O) groups is 1. The highest BCUT2D eigenvalue weighted by Crippen LogP contribution is 2.50. The van der Waals surface area contributed by atoms with Crippen LogP contribution in [0.15, 0.2) is 54.6 Å². The number of esters is 1. The summed E-state index contributed by atoms with van der Waals surface area (Å²) in [7, 11) is -3.85. The lowest BCUT2D eigenvalue weighted by Crippen LogP contribution is -2.26. The molecule has 0 saturated carbocycles. The van der Waals surface area contributed by atoms with E-state index in [9.17, 15) is 19.5 Å². The van der Waals surface area contributed by atoms with E-state index < -0.39 is 24.4 Å². The summed E-state index contributed by atoms with van der Waals surface area (Å²) in [4.78, 5) is 22.8. The molecule has 0 radical (unpaired) electrons. The molecule has 9 heteroatoms. The number of ether oxygens (including phenoxy) is 1. The van der Waals surface area contributed by atoms with Gasteiger partial charge in [-0.05, 0) is 36.1 Å². The molecular formula is C22H28NO7P. The number of rotatable bonds is 11. The molecule has 0 aliphatic heterocycles. The molecule has 2 aromatic carbocycles. The van der Waals surface area contributed by atoms with E-state index in [2.05, 4.69) is 0 Å². The predicted octanol–water partition coefficient (Wildman–Crippen LogP) is 5.86. The first-order valence-electron chi connectivity index (χ1n) is 9.98. The van der Waals surface area contributed by atoms with Crippen molar-refractivity contribution < 1.29 is 28.1 Å². The smallest absolute Gasteiger partial charge is 0.431 e. The van der Waals surface area contributed by atoms with Crippen LogP contribution in [-0.4, -0.2) is 23.7 Å². The average Bonchev–Trinajstić information content (AvgIpc) is 2.72. The zero-order valence-electron chi connectivity index (χ0n) is 18.1. The van der Waals surface area contributed by atoms with Crippen molar-refractivity contribution in [3.8, 4) is 11.5 Å².